The number of unbranched alkanes of at least 4 members (excludes halogenated alkanes) is 2. The van der Waals surface area contributed by atoms with Crippen LogP contribution in [0.4, 0.5) is 0 Å². The Morgan fingerprint density at radius 2 is 1.27 bits per heavy atom. The van der Waals surface area contributed by atoms with E-state index in [1.807, 2.05) is 0 Å². The number of hydrogen-bond donors (Lipinski definition) is 2. The summed E-state index contributed by atoms with van der Waals surface area (Å²) in [4.78, 5) is 0. The summed E-state index contributed by atoms with van der Waals surface area (Å²) >= 11 is -2.13. The quantitative estimate of drug-likeness (QED) is 0.507. The van der Waals surface area contributed by atoms with Gasteiger partial charge in [-0.3, -0.25) is 0 Å². The van der Waals surface area contributed by atoms with Crippen molar-refractivity contribution in [1.82, 2.24) is 0 Å². The molecule has 66 valence electrons. The van der Waals surface area contributed by atoms with Crippen LogP contribution in [0.25, 0.3) is 0 Å². The molecule has 0 heterocycles. The number of hydrogen-bond acceptors (Lipinski definition) is 2. The first-order valence-corrected chi connectivity index (χ1v) is 18.5. The van der Waals surface area contributed by atoms with Crippen molar-refractivity contribution < 1.29 is 12.3 Å². The minimum absolute atomic E-state index is 1.30. The predicted octanol–water partition coefficient (Wildman–Crippen LogP) is 4.27. The molecule has 3 heteroatoms. The first-order chi connectivity index (χ1) is 5.12. The Morgan fingerprint density at radius 3 is 1.55 bits per heavy atom. The Kier molecular flexibility index (Phi) is 7.62. The average molecular weight is 246 g/mol. The standard InChI is InChI=1S/2C4H9.2H2S.Zn/c2*1-3-4-2;;;/h2*1,3-4H2,2H3;2*1H2;/q;;;;+2/p-2. The van der Waals surface area contributed by atoms with E-state index >= 15 is 0 Å². The van der Waals surface area contributed by atoms with Gasteiger partial charge in [0.1, 0.15) is 0 Å². The van der Waals surface area contributed by atoms with Crippen molar-refractivity contribution in [3.8, 4) is 0 Å². The SMILES string of the molecule is CCC[CH2][Zn]([SH])([SH])[CH2]CCC. The molecular weight excluding hydrogens is 226 g/mol. The van der Waals surface area contributed by atoms with E-state index in [2.05, 4.69) is 13.8 Å². The molecule has 0 saturated carbocycles. The Hall–Kier alpha value is 1.32. The van der Waals surface area contributed by atoms with E-state index in [0.29, 0.717) is 0 Å². The molecule has 0 unspecified atom stereocenters. The summed E-state index contributed by atoms with van der Waals surface area (Å²) in [6.45, 7) is 4.48. The van der Waals surface area contributed by atoms with Crippen LogP contribution in [0, 0.1) is 0 Å². The van der Waals surface area contributed by atoms with E-state index in [4.69, 9.17) is 21.2 Å². The van der Waals surface area contributed by atoms with Gasteiger partial charge in [0.05, 0.1) is 0 Å². The van der Waals surface area contributed by atoms with E-state index < -0.39 is 12.3 Å². The van der Waals surface area contributed by atoms with Crippen LogP contribution in [0.3, 0.4) is 0 Å². The molecule has 0 radical (unpaired) electrons. The van der Waals surface area contributed by atoms with E-state index in [0.717, 1.165) is 0 Å². The topological polar surface area (TPSA) is 0 Å². The summed E-state index contributed by atoms with van der Waals surface area (Å²) in [5, 5.41) is 2.71. The van der Waals surface area contributed by atoms with Gasteiger partial charge in [0.25, 0.3) is 0 Å². The second-order valence-electron chi connectivity index (χ2n) is 3.80. The fraction of sp³-hybridized carbons (Fsp3) is 1.00. The van der Waals surface area contributed by atoms with Crippen molar-refractivity contribution in [2.75, 3.05) is 0 Å². The summed E-state index contributed by atoms with van der Waals surface area (Å²) in [5.74, 6) is 0. The van der Waals surface area contributed by atoms with Crippen LogP contribution in [-0.2, 0) is 12.3 Å². The van der Waals surface area contributed by atoms with Gasteiger partial charge in [0, 0.05) is 0 Å². The first-order valence-electron chi connectivity index (χ1n) is 5.05. The molecule has 0 aromatic carbocycles. The molecule has 0 rings (SSSR count). The van der Waals surface area contributed by atoms with Gasteiger partial charge in [0.2, 0.25) is 0 Å². The van der Waals surface area contributed by atoms with E-state index in [9.17, 15) is 0 Å². The summed E-state index contributed by atoms with van der Waals surface area (Å²) in [7, 11) is 9.48. The zero-order valence-electron chi connectivity index (χ0n) is 7.84. The summed E-state index contributed by atoms with van der Waals surface area (Å²) < 4.78 is 0. The first kappa shape index (κ1) is 12.3. The fourth-order valence-electron chi connectivity index (χ4n) is 1.48. The van der Waals surface area contributed by atoms with E-state index in [1.54, 1.807) is 0 Å². The molecule has 0 fully saturated rings. The molecule has 0 amide bonds. The number of rotatable bonds is 6. The molecule has 0 aromatic rings. The van der Waals surface area contributed by atoms with Gasteiger partial charge in [0.15, 0.2) is 0 Å². The number of thiol groups is 2. The van der Waals surface area contributed by atoms with Crippen molar-refractivity contribution in [3.05, 3.63) is 0 Å². The molecule has 0 bridgehead atoms. The second kappa shape index (κ2) is 6.80. The van der Waals surface area contributed by atoms with Gasteiger partial charge in [-0.2, -0.15) is 0 Å². The third kappa shape index (κ3) is 7.68. The Balaban J connectivity index is 3.43. The Labute approximate surface area is 82.9 Å². The van der Waals surface area contributed by atoms with Crippen molar-refractivity contribution in [2.45, 2.75) is 49.6 Å². The molecule has 0 aliphatic carbocycles. The predicted molar refractivity (Wildman–Crippen MR) is 57.4 cm³/mol. The molecular formula is C8H20S2Zn. The van der Waals surface area contributed by atoms with Gasteiger partial charge in [-0.1, -0.05) is 0 Å². The normalized spacial score (nSPS) is 10.5. The zero-order chi connectivity index (χ0) is 8.74. The molecule has 0 aliphatic heterocycles. The fourth-order valence-corrected chi connectivity index (χ4v) is 12.3. The van der Waals surface area contributed by atoms with Crippen molar-refractivity contribution in [2.24, 2.45) is 0 Å². The summed E-state index contributed by atoms with van der Waals surface area (Å²) in [6.07, 6.45) is 5.29. The second-order valence-corrected chi connectivity index (χ2v) is 27.8. The molecule has 0 aliphatic rings. The maximum atomic E-state index is 4.74. The molecule has 0 atom stereocenters. The molecule has 0 saturated heterocycles. The third-order valence-electron chi connectivity index (χ3n) is 2.34. The van der Waals surface area contributed by atoms with E-state index in [1.165, 1.54) is 35.7 Å². The monoisotopic (exact) mass is 244 g/mol. The minimum atomic E-state index is -2.13. The average Bonchev–Trinajstić information content (AvgIpc) is 1.97. The van der Waals surface area contributed by atoms with E-state index in [-0.39, 0.29) is 0 Å². The Morgan fingerprint density at radius 1 is 0.909 bits per heavy atom. The van der Waals surface area contributed by atoms with Crippen molar-refractivity contribution in [1.29, 1.82) is 0 Å². The summed E-state index contributed by atoms with van der Waals surface area (Å²) in [5.41, 5.74) is 0. The van der Waals surface area contributed by atoms with Crippen LogP contribution in [0.2, 0.25) is 10.0 Å². The van der Waals surface area contributed by atoms with Crippen LogP contribution in [0.5, 0.6) is 0 Å². The molecule has 0 N–H and O–H groups in total. The van der Waals surface area contributed by atoms with Gasteiger partial charge < -0.3 is 0 Å². The Bertz CT molecular complexity index is 84.1. The molecule has 0 nitrogen and oxygen atoms in total. The maximum absolute atomic E-state index is 4.74. The van der Waals surface area contributed by atoms with Crippen LogP contribution < -0.4 is 0 Å². The molecule has 11 heavy (non-hydrogen) atoms. The van der Waals surface area contributed by atoms with Crippen LogP contribution in [0.15, 0.2) is 0 Å². The molecule has 0 aromatic heterocycles. The van der Waals surface area contributed by atoms with Crippen molar-refractivity contribution in [3.63, 3.8) is 0 Å². The van der Waals surface area contributed by atoms with Gasteiger partial charge in [-0.15, -0.1) is 0 Å². The van der Waals surface area contributed by atoms with Gasteiger partial charge >= 0.3 is 83.1 Å². The van der Waals surface area contributed by atoms with Crippen molar-refractivity contribution >= 4 is 21.2 Å². The summed E-state index contributed by atoms with van der Waals surface area (Å²) in [6, 6.07) is 0. The van der Waals surface area contributed by atoms with Gasteiger partial charge in [-0.05, 0) is 0 Å². The van der Waals surface area contributed by atoms with Crippen LogP contribution >= 0.6 is 21.2 Å². The van der Waals surface area contributed by atoms with Crippen LogP contribution in [0.1, 0.15) is 39.5 Å². The third-order valence-corrected chi connectivity index (χ3v) is 15.8. The van der Waals surface area contributed by atoms with Crippen LogP contribution in [-0.4, -0.2) is 0 Å². The van der Waals surface area contributed by atoms with Gasteiger partial charge in [-0.25, -0.2) is 0 Å². The molecule has 0 spiro atoms. The zero-order valence-corrected chi connectivity index (χ0v) is 12.6.